The molecule has 0 spiro atoms. The van der Waals surface area contributed by atoms with Crippen LogP contribution in [0.1, 0.15) is 21.6 Å². The number of hydrogen-bond acceptors (Lipinski definition) is 6. The van der Waals surface area contributed by atoms with E-state index < -0.39 is 0 Å². The first-order valence-corrected chi connectivity index (χ1v) is 9.30. The van der Waals surface area contributed by atoms with E-state index in [-0.39, 0.29) is 5.91 Å². The lowest BCUT2D eigenvalue weighted by molar-refractivity contribution is 0.102. The van der Waals surface area contributed by atoms with Crippen molar-refractivity contribution in [2.24, 2.45) is 0 Å². The van der Waals surface area contributed by atoms with Crippen LogP contribution in [0.5, 0.6) is 0 Å². The lowest BCUT2D eigenvalue weighted by Gasteiger charge is -2.05. The zero-order valence-electron chi connectivity index (χ0n) is 14.5. The number of carbonyl (C=O) groups excluding carboxylic acids is 1. The van der Waals surface area contributed by atoms with Crippen LogP contribution in [0.25, 0.3) is 5.78 Å². The molecule has 1 amide bonds. The quantitative estimate of drug-likeness (QED) is 0.538. The Balaban J connectivity index is 1.42. The average molecular weight is 376 g/mol. The van der Waals surface area contributed by atoms with Gasteiger partial charge in [0, 0.05) is 29.4 Å². The van der Waals surface area contributed by atoms with Crippen molar-refractivity contribution >= 4 is 29.4 Å². The standard InChI is InChI=1S/C19H16N6OS/c1-13-9-11-25-18(21-13)23-24-19(25)22-17(26)15-7-5-14(6-8-15)12-27-16-4-2-3-10-20-16/h2-11H,12H2,1H3,(H,22,24,26). The number of amides is 1. The highest BCUT2D eigenvalue weighted by molar-refractivity contribution is 7.98. The van der Waals surface area contributed by atoms with Gasteiger partial charge in [0.15, 0.2) is 0 Å². The number of carbonyl (C=O) groups is 1. The molecule has 0 radical (unpaired) electrons. The fraction of sp³-hybridized carbons (Fsp3) is 0.105. The number of nitrogens with zero attached hydrogens (tertiary/aromatic N) is 5. The first kappa shape index (κ1) is 17.2. The predicted octanol–water partition coefficient (Wildman–Crippen LogP) is 3.37. The van der Waals surface area contributed by atoms with E-state index in [0.29, 0.717) is 17.3 Å². The zero-order chi connectivity index (χ0) is 18.6. The maximum Gasteiger partial charge on any atom is 0.258 e. The highest BCUT2D eigenvalue weighted by Crippen LogP contribution is 2.20. The third kappa shape index (κ3) is 3.95. The van der Waals surface area contributed by atoms with Crippen molar-refractivity contribution in [3.05, 3.63) is 77.7 Å². The third-order valence-corrected chi connectivity index (χ3v) is 4.90. The number of nitrogens with one attached hydrogen (secondary N) is 1. The summed E-state index contributed by atoms with van der Waals surface area (Å²) in [5.41, 5.74) is 2.51. The van der Waals surface area contributed by atoms with E-state index in [1.54, 1.807) is 40.7 Å². The monoisotopic (exact) mass is 376 g/mol. The summed E-state index contributed by atoms with van der Waals surface area (Å²) < 4.78 is 1.64. The maximum absolute atomic E-state index is 12.5. The van der Waals surface area contributed by atoms with Gasteiger partial charge < -0.3 is 0 Å². The van der Waals surface area contributed by atoms with Gasteiger partial charge in [-0.1, -0.05) is 18.2 Å². The van der Waals surface area contributed by atoms with Gasteiger partial charge in [0.25, 0.3) is 11.7 Å². The van der Waals surface area contributed by atoms with Gasteiger partial charge in [0.05, 0.1) is 5.03 Å². The molecule has 4 aromatic rings. The summed E-state index contributed by atoms with van der Waals surface area (Å²) in [6.45, 7) is 1.88. The second-order valence-electron chi connectivity index (χ2n) is 5.87. The Labute approximate surface area is 159 Å². The summed E-state index contributed by atoms with van der Waals surface area (Å²) in [4.78, 5) is 21.0. The molecular weight excluding hydrogens is 360 g/mol. The molecular formula is C19H16N6OS. The molecule has 134 valence electrons. The molecule has 7 nitrogen and oxygen atoms in total. The van der Waals surface area contributed by atoms with Crippen LogP contribution in [-0.2, 0) is 5.75 Å². The molecule has 0 aliphatic heterocycles. The van der Waals surface area contributed by atoms with Gasteiger partial charge in [-0.15, -0.1) is 22.0 Å². The second kappa shape index (κ2) is 7.55. The van der Waals surface area contributed by atoms with Gasteiger partial charge in [-0.25, -0.2) is 9.97 Å². The Morgan fingerprint density at radius 3 is 2.74 bits per heavy atom. The third-order valence-electron chi connectivity index (χ3n) is 3.88. The number of aryl methyl sites for hydroxylation is 1. The number of pyridine rings is 1. The Morgan fingerprint density at radius 1 is 1.11 bits per heavy atom. The molecule has 1 aromatic carbocycles. The number of benzene rings is 1. The van der Waals surface area contributed by atoms with Crippen LogP contribution in [0.3, 0.4) is 0 Å². The minimum atomic E-state index is -0.242. The molecule has 0 fully saturated rings. The normalized spacial score (nSPS) is 10.9. The predicted molar refractivity (Wildman–Crippen MR) is 104 cm³/mol. The molecule has 8 heteroatoms. The average Bonchev–Trinajstić information content (AvgIpc) is 3.09. The van der Waals surface area contributed by atoms with Crippen LogP contribution < -0.4 is 5.32 Å². The Morgan fingerprint density at radius 2 is 1.96 bits per heavy atom. The molecule has 27 heavy (non-hydrogen) atoms. The van der Waals surface area contributed by atoms with E-state index in [1.165, 1.54) is 0 Å². The first-order chi connectivity index (χ1) is 13.2. The van der Waals surface area contributed by atoms with Crippen LogP contribution >= 0.6 is 11.8 Å². The molecule has 0 atom stereocenters. The van der Waals surface area contributed by atoms with Crippen LogP contribution in [-0.4, -0.2) is 30.5 Å². The van der Waals surface area contributed by atoms with E-state index >= 15 is 0 Å². The molecule has 4 rings (SSSR count). The summed E-state index contributed by atoms with van der Waals surface area (Å²) in [7, 11) is 0. The summed E-state index contributed by atoms with van der Waals surface area (Å²) in [5.74, 6) is 1.34. The van der Waals surface area contributed by atoms with E-state index in [9.17, 15) is 4.79 Å². The van der Waals surface area contributed by atoms with Gasteiger partial charge in [0.1, 0.15) is 0 Å². The fourth-order valence-corrected chi connectivity index (χ4v) is 3.29. The van der Waals surface area contributed by atoms with E-state index in [0.717, 1.165) is 22.0 Å². The molecule has 1 N–H and O–H groups in total. The fourth-order valence-electron chi connectivity index (χ4n) is 2.48. The van der Waals surface area contributed by atoms with Crippen molar-refractivity contribution < 1.29 is 4.79 Å². The van der Waals surface area contributed by atoms with Gasteiger partial charge in [-0.2, -0.15) is 0 Å². The van der Waals surface area contributed by atoms with Gasteiger partial charge in [0.2, 0.25) is 5.95 Å². The number of fused-ring (bicyclic) bond motifs is 1. The molecule has 0 aliphatic carbocycles. The van der Waals surface area contributed by atoms with Crippen LogP contribution in [0.2, 0.25) is 0 Å². The molecule has 3 aromatic heterocycles. The summed E-state index contributed by atoms with van der Waals surface area (Å²) in [5, 5.41) is 11.7. The summed E-state index contributed by atoms with van der Waals surface area (Å²) >= 11 is 1.65. The maximum atomic E-state index is 12.5. The van der Waals surface area contributed by atoms with E-state index in [4.69, 9.17) is 0 Å². The van der Waals surface area contributed by atoms with Crippen molar-refractivity contribution in [1.29, 1.82) is 0 Å². The summed E-state index contributed by atoms with van der Waals surface area (Å²) in [6, 6.07) is 15.2. The van der Waals surface area contributed by atoms with E-state index in [1.807, 2.05) is 43.3 Å². The molecule has 0 saturated heterocycles. The number of rotatable bonds is 5. The lowest BCUT2D eigenvalue weighted by atomic mass is 10.1. The van der Waals surface area contributed by atoms with Crippen molar-refractivity contribution in [3.63, 3.8) is 0 Å². The molecule has 0 bridgehead atoms. The van der Waals surface area contributed by atoms with E-state index in [2.05, 4.69) is 25.5 Å². The van der Waals surface area contributed by atoms with Crippen LogP contribution in [0.15, 0.2) is 66.0 Å². The topological polar surface area (TPSA) is 85.1 Å². The molecule has 0 aliphatic rings. The molecule has 0 unspecified atom stereocenters. The number of anilines is 1. The molecule has 0 saturated carbocycles. The Hall–Kier alpha value is -3.26. The largest absolute Gasteiger partial charge is 0.290 e. The smallest absolute Gasteiger partial charge is 0.258 e. The minimum Gasteiger partial charge on any atom is -0.290 e. The minimum absolute atomic E-state index is 0.242. The zero-order valence-corrected chi connectivity index (χ0v) is 15.3. The van der Waals surface area contributed by atoms with Gasteiger partial charge >= 0.3 is 0 Å². The number of aromatic nitrogens is 5. The SMILES string of the molecule is Cc1ccn2c(NC(=O)c3ccc(CSc4ccccn4)cc3)nnc2n1. The highest BCUT2D eigenvalue weighted by atomic mass is 32.2. The summed E-state index contributed by atoms with van der Waals surface area (Å²) in [6.07, 6.45) is 3.56. The Kier molecular flexibility index (Phi) is 4.80. The first-order valence-electron chi connectivity index (χ1n) is 8.31. The molecule has 3 heterocycles. The highest BCUT2D eigenvalue weighted by Gasteiger charge is 2.12. The number of hydrogen-bond donors (Lipinski definition) is 1. The van der Waals surface area contributed by atoms with Crippen molar-refractivity contribution in [1.82, 2.24) is 24.6 Å². The second-order valence-corrected chi connectivity index (χ2v) is 6.87. The lowest BCUT2D eigenvalue weighted by Crippen LogP contribution is -2.14. The van der Waals surface area contributed by atoms with Crippen molar-refractivity contribution in [2.75, 3.05) is 5.32 Å². The van der Waals surface area contributed by atoms with Crippen molar-refractivity contribution in [3.8, 4) is 0 Å². The van der Waals surface area contributed by atoms with Crippen molar-refractivity contribution in [2.45, 2.75) is 17.7 Å². The van der Waals surface area contributed by atoms with Gasteiger partial charge in [-0.3, -0.25) is 14.5 Å². The van der Waals surface area contributed by atoms with Crippen LogP contribution in [0.4, 0.5) is 5.95 Å². The van der Waals surface area contributed by atoms with Gasteiger partial charge in [-0.05, 0) is 42.8 Å². The number of thioether (sulfide) groups is 1. The Bertz CT molecular complexity index is 1080. The van der Waals surface area contributed by atoms with Crippen LogP contribution in [0, 0.1) is 6.92 Å².